The van der Waals surface area contributed by atoms with Gasteiger partial charge in [0.2, 0.25) is 0 Å². The number of hydrogen-bond donors (Lipinski definition) is 1. The van der Waals surface area contributed by atoms with Gasteiger partial charge in [0.15, 0.2) is 12.4 Å². The maximum Gasteiger partial charge on any atom is 0.338 e. The van der Waals surface area contributed by atoms with Crippen LogP contribution in [0.25, 0.3) is 0 Å². The molecule has 6 nitrogen and oxygen atoms in total. The third-order valence-electron chi connectivity index (χ3n) is 7.15. The molecule has 0 unspecified atom stereocenters. The summed E-state index contributed by atoms with van der Waals surface area (Å²) in [5, 5.41) is 0. The molecule has 4 saturated carbocycles. The van der Waals surface area contributed by atoms with Crippen LogP contribution in [0.1, 0.15) is 48.9 Å². The maximum absolute atomic E-state index is 13.0. The molecule has 4 fully saturated rings. The van der Waals surface area contributed by atoms with Crippen molar-refractivity contribution in [3.63, 3.8) is 0 Å². The molecule has 0 aliphatic heterocycles. The SMILES string of the molecule is O=C(OCC(=O)C12CC3CC(CC(C3)C1)C2)c1ccc(NS(=O)(=O)c2ccc(Cl)s2)cc1. The van der Waals surface area contributed by atoms with Crippen molar-refractivity contribution in [1.82, 2.24) is 0 Å². The molecule has 6 rings (SSSR count). The fourth-order valence-corrected chi connectivity index (χ4v) is 8.68. The first kappa shape index (κ1) is 21.9. The Hall–Kier alpha value is -1.90. The normalized spacial score (nSPS) is 28.5. The smallest absolute Gasteiger partial charge is 0.338 e. The Labute approximate surface area is 196 Å². The lowest BCUT2D eigenvalue weighted by Gasteiger charge is -2.55. The lowest BCUT2D eigenvalue weighted by Crippen LogP contribution is -2.51. The molecule has 0 spiro atoms. The summed E-state index contributed by atoms with van der Waals surface area (Å²) in [6.07, 6.45) is 6.59. The number of carbonyl (C=O) groups is 2. The molecule has 2 aromatic rings. The Morgan fingerprint density at radius 1 is 1.00 bits per heavy atom. The molecule has 0 amide bonds. The van der Waals surface area contributed by atoms with Crippen molar-refractivity contribution in [1.29, 1.82) is 0 Å². The van der Waals surface area contributed by atoms with E-state index in [0.717, 1.165) is 30.6 Å². The van der Waals surface area contributed by atoms with Gasteiger partial charge in [-0.15, -0.1) is 11.3 Å². The number of thiophene rings is 1. The summed E-state index contributed by atoms with van der Waals surface area (Å²) in [6, 6.07) is 8.90. The number of hydrogen-bond acceptors (Lipinski definition) is 6. The molecule has 1 heterocycles. The van der Waals surface area contributed by atoms with Gasteiger partial charge in [0, 0.05) is 11.1 Å². The second kappa shape index (κ2) is 8.15. The zero-order chi connectivity index (χ0) is 22.5. The van der Waals surface area contributed by atoms with E-state index in [9.17, 15) is 18.0 Å². The summed E-state index contributed by atoms with van der Waals surface area (Å²) in [5.41, 5.74) is 0.295. The van der Waals surface area contributed by atoms with Crippen molar-refractivity contribution in [2.24, 2.45) is 23.2 Å². The molecule has 1 aromatic carbocycles. The number of rotatable bonds is 7. The van der Waals surface area contributed by atoms with Gasteiger partial charge in [0.1, 0.15) is 4.21 Å². The van der Waals surface area contributed by atoms with Crippen LogP contribution < -0.4 is 4.72 Å². The highest BCUT2D eigenvalue weighted by Gasteiger charge is 2.54. The predicted octanol–water partition coefficient (Wildman–Crippen LogP) is 5.14. The second-order valence-electron chi connectivity index (χ2n) is 9.44. The minimum absolute atomic E-state index is 0.0592. The summed E-state index contributed by atoms with van der Waals surface area (Å²) in [4.78, 5) is 25.5. The number of anilines is 1. The molecule has 9 heteroatoms. The number of Topliss-reactive ketones (excluding diaryl/α,β-unsaturated/α-hetero) is 1. The number of halogens is 1. The average Bonchev–Trinajstić information content (AvgIpc) is 3.18. The van der Waals surface area contributed by atoms with Crippen LogP contribution >= 0.6 is 22.9 Å². The van der Waals surface area contributed by atoms with Gasteiger partial charge in [-0.05, 0) is 92.7 Å². The Balaban J connectivity index is 1.19. The van der Waals surface area contributed by atoms with E-state index in [1.165, 1.54) is 55.7 Å². The zero-order valence-electron chi connectivity index (χ0n) is 17.4. The minimum Gasteiger partial charge on any atom is -0.454 e. The van der Waals surface area contributed by atoms with Crippen molar-refractivity contribution in [2.45, 2.75) is 42.7 Å². The number of ketones is 1. The molecule has 0 atom stereocenters. The summed E-state index contributed by atoms with van der Waals surface area (Å²) < 4.78 is 33.1. The summed E-state index contributed by atoms with van der Waals surface area (Å²) in [6.45, 7) is -0.196. The highest BCUT2D eigenvalue weighted by Crippen LogP contribution is 2.60. The molecule has 170 valence electrons. The van der Waals surface area contributed by atoms with Crippen LogP contribution in [0.15, 0.2) is 40.6 Å². The molecule has 32 heavy (non-hydrogen) atoms. The molecule has 0 saturated heterocycles. The van der Waals surface area contributed by atoms with E-state index in [1.807, 2.05) is 0 Å². The fourth-order valence-electron chi connectivity index (χ4n) is 6.14. The van der Waals surface area contributed by atoms with Gasteiger partial charge in [-0.1, -0.05) is 11.6 Å². The van der Waals surface area contributed by atoms with Crippen molar-refractivity contribution < 1.29 is 22.7 Å². The number of benzene rings is 1. The van der Waals surface area contributed by atoms with Crippen LogP contribution in [-0.4, -0.2) is 26.8 Å². The first-order valence-electron chi connectivity index (χ1n) is 10.8. The van der Waals surface area contributed by atoms with E-state index in [2.05, 4.69) is 4.72 Å². The van der Waals surface area contributed by atoms with Crippen molar-refractivity contribution in [3.05, 3.63) is 46.3 Å². The zero-order valence-corrected chi connectivity index (χ0v) is 19.8. The molecular weight excluding hydrogens is 470 g/mol. The van der Waals surface area contributed by atoms with Crippen LogP contribution in [0.4, 0.5) is 5.69 Å². The van der Waals surface area contributed by atoms with E-state index in [1.54, 1.807) is 0 Å². The molecule has 4 bridgehead atoms. The Kier molecular flexibility index (Phi) is 5.58. The Morgan fingerprint density at radius 3 is 2.12 bits per heavy atom. The highest BCUT2D eigenvalue weighted by atomic mass is 35.5. The largest absolute Gasteiger partial charge is 0.454 e. The van der Waals surface area contributed by atoms with Crippen LogP contribution in [0.2, 0.25) is 4.34 Å². The summed E-state index contributed by atoms with van der Waals surface area (Å²) in [5.74, 6) is 1.44. The van der Waals surface area contributed by atoms with Gasteiger partial charge >= 0.3 is 5.97 Å². The molecular formula is C23H24ClNO5S2. The summed E-state index contributed by atoms with van der Waals surface area (Å²) >= 11 is 6.78. The molecule has 1 N–H and O–H groups in total. The Morgan fingerprint density at radius 2 is 1.59 bits per heavy atom. The number of ether oxygens (including phenoxy) is 1. The van der Waals surface area contributed by atoms with Gasteiger partial charge in [-0.2, -0.15) is 0 Å². The highest BCUT2D eigenvalue weighted by molar-refractivity contribution is 7.94. The standard InChI is InChI=1S/C23H24ClNO5S2/c24-20-5-6-21(31-20)32(28,29)25-18-3-1-17(2-4-18)22(27)30-13-19(26)23-10-14-7-15(11-23)9-16(8-14)12-23/h1-6,14-16,25H,7-13H2. The number of sulfonamides is 1. The molecule has 1 aromatic heterocycles. The van der Waals surface area contributed by atoms with Crippen molar-refractivity contribution in [3.8, 4) is 0 Å². The number of carbonyl (C=O) groups excluding carboxylic acids is 2. The van der Waals surface area contributed by atoms with Crippen LogP contribution in [0, 0.1) is 23.2 Å². The summed E-state index contributed by atoms with van der Waals surface area (Å²) in [7, 11) is -3.75. The minimum atomic E-state index is -3.75. The lowest BCUT2D eigenvalue weighted by molar-refractivity contribution is -0.147. The topological polar surface area (TPSA) is 89.5 Å². The molecule has 0 radical (unpaired) electrons. The monoisotopic (exact) mass is 493 g/mol. The Bertz CT molecular complexity index is 1120. The average molecular weight is 494 g/mol. The number of esters is 1. The van der Waals surface area contributed by atoms with Gasteiger partial charge in [-0.25, -0.2) is 13.2 Å². The quantitative estimate of drug-likeness (QED) is 0.539. The van der Waals surface area contributed by atoms with Gasteiger partial charge in [0.25, 0.3) is 10.0 Å². The van der Waals surface area contributed by atoms with Gasteiger partial charge in [-0.3, -0.25) is 9.52 Å². The molecule has 4 aliphatic carbocycles. The molecule has 4 aliphatic rings. The predicted molar refractivity (Wildman–Crippen MR) is 122 cm³/mol. The van der Waals surface area contributed by atoms with Crippen molar-refractivity contribution in [2.75, 3.05) is 11.3 Å². The third-order valence-corrected chi connectivity index (χ3v) is 10.3. The van der Waals surface area contributed by atoms with E-state index >= 15 is 0 Å². The lowest BCUT2D eigenvalue weighted by atomic mass is 9.48. The van der Waals surface area contributed by atoms with E-state index in [4.69, 9.17) is 16.3 Å². The van der Waals surface area contributed by atoms with E-state index in [0.29, 0.717) is 27.8 Å². The fraction of sp³-hybridized carbons (Fsp3) is 0.478. The first-order chi connectivity index (χ1) is 15.2. The maximum atomic E-state index is 13.0. The van der Waals surface area contributed by atoms with E-state index < -0.39 is 16.0 Å². The third kappa shape index (κ3) is 4.20. The van der Waals surface area contributed by atoms with Crippen molar-refractivity contribution >= 4 is 50.4 Å². The number of nitrogens with one attached hydrogen (secondary N) is 1. The van der Waals surface area contributed by atoms with Crippen LogP contribution in [0.3, 0.4) is 0 Å². The van der Waals surface area contributed by atoms with Gasteiger partial charge in [0.05, 0.1) is 9.90 Å². The second-order valence-corrected chi connectivity index (χ2v) is 13.1. The first-order valence-corrected chi connectivity index (χ1v) is 13.5. The van der Waals surface area contributed by atoms with Gasteiger partial charge < -0.3 is 4.74 Å². The van der Waals surface area contributed by atoms with Crippen LogP contribution in [0.5, 0.6) is 0 Å². The van der Waals surface area contributed by atoms with E-state index in [-0.39, 0.29) is 27.6 Å². The van der Waals surface area contributed by atoms with Crippen LogP contribution in [-0.2, 0) is 19.6 Å².